The number of fused-ring (bicyclic) bond motifs is 1. The summed E-state index contributed by atoms with van der Waals surface area (Å²) in [4.78, 5) is 21.6. The van der Waals surface area contributed by atoms with Crippen LogP contribution in [0.2, 0.25) is 10.0 Å². The second-order valence-electron chi connectivity index (χ2n) is 6.49. The number of carbonyl (C=O) groups excluding carboxylic acids is 1. The number of nitrogens with two attached hydrogens (primary N) is 1. The molecule has 0 aliphatic rings. The summed E-state index contributed by atoms with van der Waals surface area (Å²) in [6, 6.07) is 14.3. The molecule has 4 aromatic rings. The fourth-order valence-corrected chi connectivity index (χ4v) is 3.40. The van der Waals surface area contributed by atoms with Crippen LogP contribution in [0.5, 0.6) is 0 Å². The van der Waals surface area contributed by atoms with Gasteiger partial charge >= 0.3 is 0 Å². The average Bonchev–Trinajstić information content (AvgIpc) is 3.13. The summed E-state index contributed by atoms with van der Waals surface area (Å²) in [6.07, 6.45) is 1.66. The molecule has 1 amide bonds. The molecule has 0 radical (unpaired) electrons. The van der Waals surface area contributed by atoms with Gasteiger partial charge in [-0.05, 0) is 48.9 Å². The van der Waals surface area contributed by atoms with E-state index in [1.165, 1.54) is 0 Å². The molecule has 0 atom stereocenters. The number of hydrogen-bond donors (Lipinski definition) is 2. The maximum absolute atomic E-state index is 12.7. The number of hydrogen-bond acceptors (Lipinski definition) is 4. The summed E-state index contributed by atoms with van der Waals surface area (Å²) < 4.78 is 1.79. The molecule has 2 aromatic heterocycles. The van der Waals surface area contributed by atoms with E-state index >= 15 is 0 Å². The second-order valence-corrected chi connectivity index (χ2v) is 7.37. The highest BCUT2D eigenvalue weighted by Crippen LogP contribution is 2.28. The van der Waals surface area contributed by atoms with Crippen LogP contribution in [0.1, 0.15) is 21.7 Å². The minimum Gasteiger partial charge on any atom is -0.326 e. The van der Waals surface area contributed by atoms with E-state index in [1.807, 2.05) is 31.2 Å². The highest BCUT2D eigenvalue weighted by atomic mass is 35.5. The van der Waals surface area contributed by atoms with Gasteiger partial charge in [-0.15, -0.1) is 0 Å². The number of nitrogens with one attached hydrogen (secondary N) is 1. The normalized spacial score (nSPS) is 11.0. The number of aryl methyl sites for hydroxylation is 1. The van der Waals surface area contributed by atoms with Crippen molar-refractivity contribution in [2.45, 2.75) is 13.5 Å². The zero-order valence-electron chi connectivity index (χ0n) is 15.5. The van der Waals surface area contributed by atoms with Crippen LogP contribution >= 0.6 is 23.2 Å². The fraction of sp³-hybridized carbons (Fsp3) is 0.0952. The van der Waals surface area contributed by atoms with E-state index in [-0.39, 0.29) is 11.6 Å². The number of anilines is 1. The van der Waals surface area contributed by atoms with Crippen LogP contribution in [-0.4, -0.2) is 20.3 Å². The lowest BCUT2D eigenvalue weighted by atomic mass is 10.0. The predicted molar refractivity (Wildman–Crippen MR) is 115 cm³/mol. The molecule has 0 aliphatic heterocycles. The monoisotopic (exact) mass is 425 g/mol. The van der Waals surface area contributed by atoms with Crippen LogP contribution in [0, 0.1) is 6.92 Å². The van der Waals surface area contributed by atoms with Crippen molar-refractivity contribution in [3.8, 4) is 11.3 Å². The Bertz CT molecular complexity index is 1200. The Morgan fingerprint density at radius 2 is 1.66 bits per heavy atom. The van der Waals surface area contributed by atoms with Crippen LogP contribution in [0.15, 0.2) is 54.7 Å². The van der Waals surface area contributed by atoms with Gasteiger partial charge in [-0.1, -0.05) is 35.3 Å². The largest absolute Gasteiger partial charge is 0.326 e. The van der Waals surface area contributed by atoms with Gasteiger partial charge < -0.3 is 11.1 Å². The summed E-state index contributed by atoms with van der Waals surface area (Å²) in [7, 11) is 0. The van der Waals surface area contributed by atoms with Crippen molar-refractivity contribution < 1.29 is 4.79 Å². The van der Waals surface area contributed by atoms with Crippen LogP contribution in [0.3, 0.4) is 0 Å². The summed E-state index contributed by atoms with van der Waals surface area (Å²) in [5, 5.41) is 4.05. The Morgan fingerprint density at radius 1 is 1.03 bits per heavy atom. The molecule has 0 unspecified atom stereocenters. The number of amides is 1. The molecule has 4 rings (SSSR count). The van der Waals surface area contributed by atoms with E-state index in [9.17, 15) is 4.79 Å². The molecule has 0 fully saturated rings. The standard InChI is InChI=1S/C21H17Cl2N5O/c1-12-17(10-24)19(13-2-4-14(22)5-3-13)28-11-18(27-21(28)25-12)20(29)26-16-8-6-15(23)7-9-16/h2-9,11H,10,24H2,1H3,(H,26,29). The maximum Gasteiger partial charge on any atom is 0.275 e. The zero-order chi connectivity index (χ0) is 20.5. The Balaban J connectivity index is 1.80. The van der Waals surface area contributed by atoms with Crippen molar-refractivity contribution >= 4 is 40.6 Å². The van der Waals surface area contributed by atoms with E-state index in [1.54, 1.807) is 34.9 Å². The topological polar surface area (TPSA) is 85.3 Å². The molecule has 0 aliphatic carbocycles. The summed E-state index contributed by atoms with van der Waals surface area (Å²) >= 11 is 11.9. The average molecular weight is 426 g/mol. The molecule has 8 heteroatoms. The first-order chi connectivity index (χ1) is 14.0. The molecule has 0 saturated carbocycles. The molecular weight excluding hydrogens is 409 g/mol. The smallest absolute Gasteiger partial charge is 0.275 e. The molecule has 0 spiro atoms. The van der Waals surface area contributed by atoms with Gasteiger partial charge in [0.15, 0.2) is 0 Å². The lowest BCUT2D eigenvalue weighted by molar-refractivity contribution is 0.102. The SMILES string of the molecule is Cc1nc2nc(C(=O)Nc3ccc(Cl)cc3)cn2c(-c2ccc(Cl)cc2)c1CN. The lowest BCUT2D eigenvalue weighted by Gasteiger charge is -2.13. The van der Waals surface area contributed by atoms with Crippen molar-refractivity contribution in [2.75, 3.05) is 5.32 Å². The van der Waals surface area contributed by atoms with Gasteiger partial charge in [0, 0.05) is 39.7 Å². The van der Waals surface area contributed by atoms with Gasteiger partial charge in [0.05, 0.1) is 5.69 Å². The number of aromatic nitrogens is 3. The second kappa shape index (κ2) is 7.83. The molecule has 29 heavy (non-hydrogen) atoms. The van der Waals surface area contributed by atoms with Gasteiger partial charge in [0.2, 0.25) is 5.78 Å². The van der Waals surface area contributed by atoms with E-state index in [0.717, 1.165) is 22.5 Å². The predicted octanol–water partition coefficient (Wildman–Crippen LogP) is 4.72. The van der Waals surface area contributed by atoms with Crippen molar-refractivity contribution in [3.05, 3.63) is 81.7 Å². The Kier molecular flexibility index (Phi) is 5.24. The molecule has 146 valence electrons. The quantitative estimate of drug-likeness (QED) is 0.495. The first-order valence-corrected chi connectivity index (χ1v) is 9.63. The Labute approximate surface area is 177 Å². The summed E-state index contributed by atoms with van der Waals surface area (Å²) in [5.74, 6) is 0.0812. The fourth-order valence-electron chi connectivity index (χ4n) is 3.15. The van der Waals surface area contributed by atoms with Gasteiger partial charge in [-0.3, -0.25) is 9.20 Å². The zero-order valence-corrected chi connectivity index (χ0v) is 17.0. The molecular formula is C21H17Cl2N5O. The number of benzene rings is 2. The summed E-state index contributed by atoms with van der Waals surface area (Å²) in [6.45, 7) is 2.18. The first-order valence-electron chi connectivity index (χ1n) is 8.88. The highest BCUT2D eigenvalue weighted by Gasteiger charge is 2.18. The highest BCUT2D eigenvalue weighted by molar-refractivity contribution is 6.31. The van der Waals surface area contributed by atoms with Crippen molar-refractivity contribution in [1.29, 1.82) is 0 Å². The van der Waals surface area contributed by atoms with E-state index in [4.69, 9.17) is 28.9 Å². The van der Waals surface area contributed by atoms with Gasteiger partial charge in [0.1, 0.15) is 5.69 Å². The Hall–Kier alpha value is -2.93. The minimum atomic E-state index is -0.341. The number of rotatable bonds is 4. The van der Waals surface area contributed by atoms with Crippen LogP contribution in [0.4, 0.5) is 5.69 Å². The number of carbonyl (C=O) groups is 1. The third kappa shape index (κ3) is 3.82. The van der Waals surface area contributed by atoms with Crippen molar-refractivity contribution in [2.24, 2.45) is 5.73 Å². The molecule has 2 aromatic carbocycles. The van der Waals surface area contributed by atoms with Crippen molar-refractivity contribution in [3.63, 3.8) is 0 Å². The van der Waals surface area contributed by atoms with E-state index in [0.29, 0.717) is 28.1 Å². The maximum atomic E-state index is 12.7. The Morgan fingerprint density at radius 3 is 2.28 bits per heavy atom. The van der Waals surface area contributed by atoms with Crippen LogP contribution in [-0.2, 0) is 6.54 Å². The number of imidazole rings is 1. The summed E-state index contributed by atoms with van der Waals surface area (Å²) in [5.41, 5.74) is 10.3. The minimum absolute atomic E-state index is 0.247. The molecule has 6 nitrogen and oxygen atoms in total. The molecule has 0 saturated heterocycles. The van der Waals surface area contributed by atoms with Gasteiger partial charge in [-0.2, -0.15) is 0 Å². The molecule has 0 bridgehead atoms. The third-order valence-electron chi connectivity index (χ3n) is 4.58. The van der Waals surface area contributed by atoms with Gasteiger partial charge in [0.25, 0.3) is 5.91 Å². The van der Waals surface area contributed by atoms with Crippen LogP contribution in [0.25, 0.3) is 17.0 Å². The van der Waals surface area contributed by atoms with E-state index in [2.05, 4.69) is 15.3 Å². The first kappa shape index (κ1) is 19.4. The van der Waals surface area contributed by atoms with Crippen LogP contribution < -0.4 is 11.1 Å². The third-order valence-corrected chi connectivity index (χ3v) is 5.08. The molecule has 3 N–H and O–H groups in total. The lowest BCUT2D eigenvalue weighted by Crippen LogP contribution is -2.12. The van der Waals surface area contributed by atoms with Crippen molar-refractivity contribution in [1.82, 2.24) is 14.4 Å². The van der Waals surface area contributed by atoms with Gasteiger partial charge in [-0.25, -0.2) is 9.97 Å². The molecule has 2 heterocycles. The number of halogens is 2. The van der Waals surface area contributed by atoms with E-state index < -0.39 is 0 Å². The number of nitrogens with zero attached hydrogens (tertiary/aromatic N) is 3.